The molecule has 1 aromatic carbocycles. The number of hydrogen-bond donors (Lipinski definition) is 1. The molecule has 78 valence electrons. The van der Waals surface area contributed by atoms with Crippen molar-refractivity contribution in [2.75, 3.05) is 13.2 Å². The maximum atomic E-state index is 6.06. The summed E-state index contributed by atoms with van der Waals surface area (Å²) < 4.78 is 11.3. The molecule has 2 fully saturated rings. The molecule has 0 saturated carbocycles. The van der Waals surface area contributed by atoms with Crippen molar-refractivity contribution in [1.82, 2.24) is 5.32 Å². The topological polar surface area (TPSA) is 30.5 Å². The van der Waals surface area contributed by atoms with E-state index in [4.69, 9.17) is 9.47 Å². The molecule has 3 nitrogen and oxygen atoms in total. The van der Waals surface area contributed by atoms with Gasteiger partial charge in [-0.2, -0.15) is 0 Å². The second-order valence-electron chi connectivity index (χ2n) is 4.67. The zero-order chi connectivity index (χ0) is 9.88. The Morgan fingerprint density at radius 2 is 2.13 bits per heavy atom. The Hall–Kier alpha value is -0.900. The molecule has 15 heavy (non-hydrogen) atoms. The molecule has 3 aliphatic rings. The van der Waals surface area contributed by atoms with Crippen LogP contribution in [-0.2, 0) is 15.9 Å². The van der Waals surface area contributed by atoms with Crippen LogP contribution in [0.2, 0.25) is 0 Å². The largest absolute Gasteiger partial charge is 0.372 e. The van der Waals surface area contributed by atoms with Crippen LogP contribution in [0.5, 0.6) is 0 Å². The average molecular weight is 203 g/mol. The molecule has 0 unspecified atom stereocenters. The molecule has 0 bridgehead atoms. The van der Waals surface area contributed by atoms with Gasteiger partial charge in [0.2, 0.25) is 0 Å². The number of rotatable bonds is 0. The Morgan fingerprint density at radius 3 is 2.93 bits per heavy atom. The Morgan fingerprint density at radius 1 is 1.27 bits per heavy atom. The molecule has 2 heterocycles. The molecule has 0 amide bonds. The molecule has 1 spiro atoms. The smallest absolute Gasteiger partial charge is 0.167 e. The lowest BCUT2D eigenvalue weighted by molar-refractivity contribution is -0.209. The van der Waals surface area contributed by atoms with Crippen LogP contribution in [0.15, 0.2) is 24.3 Å². The van der Waals surface area contributed by atoms with Crippen molar-refractivity contribution in [2.24, 2.45) is 0 Å². The number of ether oxygens (including phenoxy) is 2. The lowest BCUT2D eigenvalue weighted by Crippen LogP contribution is -2.58. The van der Waals surface area contributed by atoms with E-state index in [1.165, 1.54) is 11.1 Å². The second kappa shape index (κ2) is 2.61. The highest BCUT2D eigenvalue weighted by Gasteiger charge is 2.53. The monoisotopic (exact) mass is 203 g/mol. The lowest BCUT2D eigenvalue weighted by Gasteiger charge is -2.37. The van der Waals surface area contributed by atoms with Crippen molar-refractivity contribution in [3.05, 3.63) is 35.4 Å². The highest BCUT2D eigenvalue weighted by Crippen LogP contribution is 2.43. The van der Waals surface area contributed by atoms with E-state index in [0.717, 1.165) is 6.42 Å². The van der Waals surface area contributed by atoms with Gasteiger partial charge in [-0.05, 0) is 11.1 Å². The predicted octanol–water partition coefficient (Wildman–Crippen LogP) is 0.999. The number of benzene rings is 1. The van der Waals surface area contributed by atoms with Crippen molar-refractivity contribution in [3.8, 4) is 0 Å². The Kier molecular flexibility index (Phi) is 1.44. The minimum absolute atomic E-state index is 0.164. The van der Waals surface area contributed by atoms with Gasteiger partial charge in [0.15, 0.2) is 5.72 Å². The van der Waals surface area contributed by atoms with Crippen molar-refractivity contribution in [1.29, 1.82) is 0 Å². The summed E-state index contributed by atoms with van der Waals surface area (Å²) in [4.78, 5) is 0. The van der Waals surface area contributed by atoms with Crippen LogP contribution in [0.4, 0.5) is 0 Å². The van der Waals surface area contributed by atoms with Gasteiger partial charge in [-0.15, -0.1) is 0 Å². The van der Waals surface area contributed by atoms with Crippen LogP contribution in [-0.4, -0.2) is 25.0 Å². The van der Waals surface area contributed by atoms with E-state index in [0.29, 0.717) is 25.4 Å². The highest BCUT2D eigenvalue weighted by atomic mass is 16.6. The van der Waals surface area contributed by atoms with Crippen molar-refractivity contribution in [3.63, 3.8) is 0 Å². The molecule has 2 saturated heterocycles. The summed E-state index contributed by atoms with van der Waals surface area (Å²) in [5, 5.41) is 3.57. The molecule has 2 atom stereocenters. The van der Waals surface area contributed by atoms with Crippen LogP contribution in [0.25, 0.3) is 0 Å². The van der Waals surface area contributed by atoms with Gasteiger partial charge < -0.3 is 9.47 Å². The summed E-state index contributed by atoms with van der Waals surface area (Å²) in [6.45, 7) is 1.39. The summed E-state index contributed by atoms with van der Waals surface area (Å²) >= 11 is 0. The van der Waals surface area contributed by atoms with Gasteiger partial charge >= 0.3 is 0 Å². The van der Waals surface area contributed by atoms with Gasteiger partial charge in [0.05, 0.1) is 25.4 Å². The Bertz CT molecular complexity index is 414. The summed E-state index contributed by atoms with van der Waals surface area (Å²) in [5.41, 5.74) is 2.67. The average Bonchev–Trinajstić information content (AvgIpc) is 2.70. The van der Waals surface area contributed by atoms with Gasteiger partial charge in [0.1, 0.15) is 0 Å². The summed E-state index contributed by atoms with van der Waals surface area (Å²) in [7, 11) is 0. The number of nitrogens with one attached hydrogen (secondary N) is 1. The van der Waals surface area contributed by atoms with Crippen LogP contribution in [0.3, 0.4) is 0 Å². The standard InChI is InChI=1S/C12H13NO2/c1-2-4-9-8(3-1)5-10-11(9)13-12(15-10)6-14-7-12/h1-4,10-11,13H,5-7H2/t10-,11-/m1/s1. The molecule has 1 aromatic rings. The van der Waals surface area contributed by atoms with E-state index in [9.17, 15) is 0 Å². The normalized spacial score (nSPS) is 34.9. The third kappa shape index (κ3) is 1.00. The summed E-state index contributed by atoms with van der Waals surface area (Å²) in [5.74, 6) is 0. The number of fused-ring (bicyclic) bond motifs is 3. The maximum absolute atomic E-state index is 6.06. The van der Waals surface area contributed by atoms with Gasteiger partial charge in [0, 0.05) is 6.42 Å². The quantitative estimate of drug-likeness (QED) is 0.682. The molecule has 4 rings (SSSR count). The first kappa shape index (κ1) is 8.28. The third-order valence-corrected chi connectivity index (χ3v) is 3.65. The SMILES string of the molecule is c1ccc2c(c1)C[C@H]1OC3(COC3)N[C@H]21. The minimum Gasteiger partial charge on any atom is -0.372 e. The fraction of sp³-hybridized carbons (Fsp3) is 0.500. The molecule has 3 heteroatoms. The van der Waals surface area contributed by atoms with Gasteiger partial charge in [0.25, 0.3) is 0 Å². The molecule has 0 radical (unpaired) electrons. The van der Waals surface area contributed by atoms with Crippen molar-refractivity contribution in [2.45, 2.75) is 24.3 Å². The fourth-order valence-corrected chi connectivity index (χ4v) is 2.88. The third-order valence-electron chi connectivity index (χ3n) is 3.65. The van der Waals surface area contributed by atoms with E-state index in [2.05, 4.69) is 29.6 Å². The van der Waals surface area contributed by atoms with E-state index in [1.807, 2.05) is 0 Å². The van der Waals surface area contributed by atoms with Gasteiger partial charge in [-0.25, -0.2) is 0 Å². The summed E-state index contributed by atoms with van der Waals surface area (Å²) in [6.07, 6.45) is 1.35. The highest BCUT2D eigenvalue weighted by molar-refractivity contribution is 5.38. The van der Waals surface area contributed by atoms with E-state index in [1.54, 1.807) is 0 Å². The first-order valence-electron chi connectivity index (χ1n) is 5.47. The van der Waals surface area contributed by atoms with E-state index < -0.39 is 0 Å². The first-order chi connectivity index (χ1) is 7.36. The fourth-order valence-electron chi connectivity index (χ4n) is 2.88. The van der Waals surface area contributed by atoms with Gasteiger partial charge in [-0.1, -0.05) is 24.3 Å². The zero-order valence-corrected chi connectivity index (χ0v) is 8.40. The van der Waals surface area contributed by atoms with E-state index >= 15 is 0 Å². The molecule has 1 N–H and O–H groups in total. The Labute approximate surface area is 88.4 Å². The molecular formula is C12H13NO2. The summed E-state index contributed by atoms with van der Waals surface area (Å²) in [6, 6.07) is 8.98. The maximum Gasteiger partial charge on any atom is 0.167 e. The molecule has 2 aliphatic heterocycles. The van der Waals surface area contributed by atoms with Crippen LogP contribution < -0.4 is 5.32 Å². The molecule has 1 aliphatic carbocycles. The molecule has 0 aromatic heterocycles. The molecular weight excluding hydrogens is 190 g/mol. The second-order valence-corrected chi connectivity index (χ2v) is 4.67. The van der Waals surface area contributed by atoms with Crippen molar-refractivity contribution >= 4 is 0 Å². The van der Waals surface area contributed by atoms with Crippen LogP contribution in [0.1, 0.15) is 17.2 Å². The van der Waals surface area contributed by atoms with Crippen LogP contribution in [0, 0.1) is 0 Å². The first-order valence-corrected chi connectivity index (χ1v) is 5.47. The van der Waals surface area contributed by atoms with Crippen molar-refractivity contribution < 1.29 is 9.47 Å². The predicted molar refractivity (Wildman–Crippen MR) is 54.4 cm³/mol. The van der Waals surface area contributed by atoms with Crippen LogP contribution >= 0.6 is 0 Å². The number of hydrogen-bond acceptors (Lipinski definition) is 3. The van der Waals surface area contributed by atoms with E-state index in [-0.39, 0.29) is 5.72 Å². The zero-order valence-electron chi connectivity index (χ0n) is 8.40. The van der Waals surface area contributed by atoms with Gasteiger partial charge in [-0.3, -0.25) is 5.32 Å². The minimum atomic E-state index is -0.164. The lowest BCUT2D eigenvalue weighted by atomic mass is 10.1. The Balaban J connectivity index is 1.72.